The van der Waals surface area contributed by atoms with E-state index in [-0.39, 0.29) is 11.5 Å². The second-order valence-corrected chi connectivity index (χ2v) is 4.28. The Hall–Kier alpha value is -0.860. The highest BCUT2D eigenvalue weighted by Crippen LogP contribution is 2.43. The highest BCUT2D eigenvalue weighted by atomic mass is 16.3. The molecule has 2 heteroatoms. The van der Waals surface area contributed by atoms with E-state index in [9.17, 15) is 5.11 Å². The van der Waals surface area contributed by atoms with Gasteiger partial charge in [-0.15, -0.1) is 0 Å². The van der Waals surface area contributed by atoms with E-state index in [1.807, 2.05) is 38.1 Å². The van der Waals surface area contributed by atoms with E-state index in [0.29, 0.717) is 0 Å². The van der Waals surface area contributed by atoms with Crippen LogP contribution in [0.2, 0.25) is 0 Å². The number of benzene rings is 1. The summed E-state index contributed by atoms with van der Waals surface area (Å²) >= 11 is 0. The summed E-state index contributed by atoms with van der Waals surface area (Å²) in [5.41, 5.74) is 7.96. The summed E-state index contributed by atoms with van der Waals surface area (Å²) in [5, 5.41) is 9.92. The van der Waals surface area contributed by atoms with Crippen LogP contribution in [-0.4, -0.2) is 11.2 Å². The monoisotopic (exact) mass is 177 g/mol. The quantitative estimate of drug-likeness (QED) is 0.628. The Labute approximate surface area is 78.4 Å². The molecule has 0 fully saturated rings. The van der Waals surface area contributed by atoms with E-state index in [1.165, 1.54) is 5.56 Å². The SMILES string of the molecule is CC1(C)c2ccccc2C(N)C1O. The molecule has 0 bridgehead atoms. The highest BCUT2D eigenvalue weighted by molar-refractivity contribution is 5.43. The molecule has 0 aromatic heterocycles. The van der Waals surface area contributed by atoms with Crippen molar-refractivity contribution in [2.24, 2.45) is 5.73 Å². The second-order valence-electron chi connectivity index (χ2n) is 4.28. The summed E-state index contributed by atoms with van der Waals surface area (Å²) in [7, 11) is 0. The topological polar surface area (TPSA) is 46.2 Å². The zero-order valence-electron chi connectivity index (χ0n) is 7.99. The van der Waals surface area contributed by atoms with E-state index in [0.717, 1.165) is 5.56 Å². The molecular formula is C11H15NO. The molecule has 0 amide bonds. The molecule has 0 saturated carbocycles. The van der Waals surface area contributed by atoms with Crippen LogP contribution in [-0.2, 0) is 5.41 Å². The molecule has 13 heavy (non-hydrogen) atoms. The third-order valence-electron chi connectivity index (χ3n) is 3.09. The normalized spacial score (nSPS) is 30.2. The molecule has 3 N–H and O–H groups in total. The standard InChI is InChI=1S/C11H15NO/c1-11(2)8-6-4-3-5-7(8)9(12)10(11)13/h3-6,9-10,13H,12H2,1-2H3. The van der Waals surface area contributed by atoms with E-state index in [1.54, 1.807) is 0 Å². The summed E-state index contributed by atoms with van der Waals surface area (Å²) in [6, 6.07) is 7.77. The first kappa shape index (κ1) is 8.73. The van der Waals surface area contributed by atoms with Crippen molar-refractivity contribution in [2.75, 3.05) is 0 Å². The van der Waals surface area contributed by atoms with E-state index >= 15 is 0 Å². The Balaban J connectivity index is 2.61. The number of aliphatic hydroxyl groups is 1. The van der Waals surface area contributed by atoms with Crippen LogP contribution in [0.25, 0.3) is 0 Å². The summed E-state index contributed by atoms with van der Waals surface area (Å²) in [5.74, 6) is 0. The summed E-state index contributed by atoms with van der Waals surface area (Å²) in [6.07, 6.45) is -0.468. The van der Waals surface area contributed by atoms with Crippen LogP contribution in [0.3, 0.4) is 0 Å². The third-order valence-corrected chi connectivity index (χ3v) is 3.09. The van der Waals surface area contributed by atoms with Gasteiger partial charge >= 0.3 is 0 Å². The minimum absolute atomic E-state index is 0.212. The summed E-state index contributed by atoms with van der Waals surface area (Å²) in [6.45, 7) is 4.06. The lowest BCUT2D eigenvalue weighted by atomic mass is 9.84. The van der Waals surface area contributed by atoms with Crippen molar-refractivity contribution in [1.29, 1.82) is 0 Å². The van der Waals surface area contributed by atoms with Crippen molar-refractivity contribution in [3.05, 3.63) is 35.4 Å². The molecule has 70 valence electrons. The van der Waals surface area contributed by atoms with Gasteiger partial charge in [0.05, 0.1) is 12.1 Å². The van der Waals surface area contributed by atoms with Gasteiger partial charge in [-0.05, 0) is 11.1 Å². The highest BCUT2D eigenvalue weighted by Gasteiger charge is 2.43. The molecule has 0 saturated heterocycles. The Kier molecular flexibility index (Phi) is 1.72. The molecule has 0 aliphatic heterocycles. The van der Waals surface area contributed by atoms with Crippen molar-refractivity contribution in [3.63, 3.8) is 0 Å². The van der Waals surface area contributed by atoms with Crippen LogP contribution in [0.15, 0.2) is 24.3 Å². The number of rotatable bonds is 0. The average Bonchev–Trinajstić information content (AvgIpc) is 2.30. The van der Waals surface area contributed by atoms with Gasteiger partial charge in [0.15, 0.2) is 0 Å². The smallest absolute Gasteiger partial charge is 0.0823 e. The van der Waals surface area contributed by atoms with Crippen molar-refractivity contribution in [1.82, 2.24) is 0 Å². The predicted molar refractivity (Wildman–Crippen MR) is 52.4 cm³/mol. The largest absolute Gasteiger partial charge is 0.390 e. The Morgan fingerprint density at radius 2 is 1.92 bits per heavy atom. The molecule has 2 unspecified atom stereocenters. The number of fused-ring (bicyclic) bond motifs is 1. The fourth-order valence-electron chi connectivity index (χ4n) is 2.15. The maximum atomic E-state index is 9.92. The maximum absolute atomic E-state index is 9.92. The van der Waals surface area contributed by atoms with Gasteiger partial charge in [-0.25, -0.2) is 0 Å². The minimum Gasteiger partial charge on any atom is -0.390 e. The van der Waals surface area contributed by atoms with Crippen LogP contribution < -0.4 is 5.73 Å². The van der Waals surface area contributed by atoms with Crippen LogP contribution in [0, 0.1) is 0 Å². The fourth-order valence-corrected chi connectivity index (χ4v) is 2.15. The second kappa shape index (κ2) is 2.56. The van der Waals surface area contributed by atoms with E-state index in [2.05, 4.69) is 0 Å². The first-order chi connectivity index (χ1) is 6.05. The van der Waals surface area contributed by atoms with Gasteiger partial charge in [-0.3, -0.25) is 0 Å². The van der Waals surface area contributed by atoms with Crippen molar-refractivity contribution in [2.45, 2.75) is 31.4 Å². The maximum Gasteiger partial charge on any atom is 0.0823 e. The molecule has 0 spiro atoms. The van der Waals surface area contributed by atoms with Crippen LogP contribution in [0.4, 0.5) is 0 Å². The fraction of sp³-hybridized carbons (Fsp3) is 0.455. The van der Waals surface area contributed by atoms with Crippen LogP contribution in [0.5, 0.6) is 0 Å². The third kappa shape index (κ3) is 1.02. The van der Waals surface area contributed by atoms with Crippen LogP contribution >= 0.6 is 0 Å². The Morgan fingerprint density at radius 3 is 2.54 bits per heavy atom. The molecule has 1 aliphatic rings. The lowest BCUT2D eigenvalue weighted by Gasteiger charge is -2.25. The minimum atomic E-state index is -0.468. The lowest BCUT2D eigenvalue weighted by molar-refractivity contribution is 0.0921. The zero-order valence-corrected chi connectivity index (χ0v) is 7.99. The molecule has 0 heterocycles. The van der Waals surface area contributed by atoms with Gasteiger partial charge in [-0.2, -0.15) is 0 Å². The number of nitrogens with two attached hydrogens (primary N) is 1. The van der Waals surface area contributed by atoms with Gasteiger partial charge in [0.25, 0.3) is 0 Å². The summed E-state index contributed by atoms with van der Waals surface area (Å²) < 4.78 is 0. The van der Waals surface area contributed by atoms with Crippen molar-refractivity contribution >= 4 is 0 Å². The van der Waals surface area contributed by atoms with Gasteiger partial charge in [-0.1, -0.05) is 38.1 Å². The molecule has 1 aromatic carbocycles. The van der Waals surface area contributed by atoms with Gasteiger partial charge in [0, 0.05) is 5.41 Å². The molecule has 0 radical (unpaired) electrons. The van der Waals surface area contributed by atoms with Gasteiger partial charge in [0.2, 0.25) is 0 Å². The number of hydrogen-bond acceptors (Lipinski definition) is 2. The molecule has 2 atom stereocenters. The number of hydrogen-bond donors (Lipinski definition) is 2. The van der Waals surface area contributed by atoms with Crippen LogP contribution in [0.1, 0.15) is 31.0 Å². The van der Waals surface area contributed by atoms with Gasteiger partial charge in [0.1, 0.15) is 0 Å². The molecule has 1 aromatic rings. The lowest BCUT2D eigenvalue weighted by Crippen LogP contribution is -2.34. The molecule has 1 aliphatic carbocycles. The number of aliphatic hydroxyl groups excluding tert-OH is 1. The predicted octanol–water partition coefficient (Wildman–Crippen LogP) is 1.34. The van der Waals surface area contributed by atoms with E-state index < -0.39 is 6.10 Å². The van der Waals surface area contributed by atoms with E-state index in [4.69, 9.17) is 5.73 Å². The van der Waals surface area contributed by atoms with Crippen molar-refractivity contribution < 1.29 is 5.11 Å². The van der Waals surface area contributed by atoms with Gasteiger partial charge < -0.3 is 10.8 Å². The zero-order chi connectivity index (χ0) is 9.64. The first-order valence-corrected chi connectivity index (χ1v) is 4.58. The Morgan fingerprint density at radius 1 is 1.31 bits per heavy atom. The molecule has 2 nitrogen and oxygen atoms in total. The molecule has 2 rings (SSSR count). The first-order valence-electron chi connectivity index (χ1n) is 4.58. The Bertz CT molecular complexity index is 333. The summed E-state index contributed by atoms with van der Waals surface area (Å²) in [4.78, 5) is 0. The molecular weight excluding hydrogens is 162 g/mol. The average molecular weight is 177 g/mol. The van der Waals surface area contributed by atoms with Crippen molar-refractivity contribution in [3.8, 4) is 0 Å².